The Labute approximate surface area is 252 Å². The molecular weight excluding hydrogens is 578 g/mol. The van der Waals surface area contributed by atoms with Crippen LogP contribution < -0.4 is 4.90 Å². The van der Waals surface area contributed by atoms with Crippen LogP contribution in [0, 0.1) is 20.8 Å². The minimum absolute atomic E-state index is 0.195. The number of sulfonamides is 1. The van der Waals surface area contributed by atoms with Crippen molar-refractivity contribution in [2.45, 2.75) is 71.7 Å². The van der Waals surface area contributed by atoms with Gasteiger partial charge in [0, 0.05) is 35.9 Å². The number of benzene rings is 2. The smallest absolute Gasteiger partial charge is 0.260 e. The van der Waals surface area contributed by atoms with E-state index >= 15 is 0 Å². The Morgan fingerprint density at radius 2 is 1.63 bits per heavy atom. The van der Waals surface area contributed by atoms with Crippen molar-refractivity contribution in [3.63, 3.8) is 0 Å². The lowest BCUT2D eigenvalue weighted by molar-refractivity contribution is 0.0985. The molecule has 0 bridgehead atoms. The molecular formula is C30H38ClN5O3S2. The quantitative estimate of drug-likeness (QED) is 0.161. The van der Waals surface area contributed by atoms with E-state index in [2.05, 4.69) is 5.10 Å². The van der Waals surface area contributed by atoms with Gasteiger partial charge in [0.05, 0.1) is 27.4 Å². The fourth-order valence-corrected chi connectivity index (χ4v) is 7.70. The first-order valence-corrected chi connectivity index (χ1v) is 16.7. The van der Waals surface area contributed by atoms with Gasteiger partial charge < -0.3 is 0 Å². The van der Waals surface area contributed by atoms with Crippen LogP contribution in [0.1, 0.15) is 66.8 Å². The molecule has 4 rings (SSSR count). The third-order valence-electron chi connectivity index (χ3n) is 7.01. The predicted molar refractivity (Wildman–Crippen MR) is 168 cm³/mol. The SMILES string of the molecule is CCCCN(CCCC)S(=O)(=O)c1ccc(C(=O)N(CCn2nc(C)cc2C)c2nc3c(C)cc(Cl)cc3s2)cc1. The van der Waals surface area contributed by atoms with Crippen molar-refractivity contribution in [3.05, 3.63) is 70.0 Å². The Morgan fingerprint density at radius 3 is 2.22 bits per heavy atom. The Morgan fingerprint density at radius 1 is 0.976 bits per heavy atom. The first kappa shape index (κ1) is 31.2. The number of hydrogen-bond acceptors (Lipinski definition) is 6. The van der Waals surface area contributed by atoms with Crippen LogP contribution in [0.15, 0.2) is 47.4 Å². The van der Waals surface area contributed by atoms with Crippen LogP contribution in [0.5, 0.6) is 0 Å². The van der Waals surface area contributed by atoms with Crippen molar-refractivity contribution in [3.8, 4) is 0 Å². The largest absolute Gasteiger partial charge is 0.282 e. The number of thiazole rings is 1. The number of unbranched alkanes of at least 4 members (excludes halogenated alkanes) is 2. The number of hydrogen-bond donors (Lipinski definition) is 0. The van der Waals surface area contributed by atoms with E-state index in [1.165, 1.54) is 23.5 Å². The van der Waals surface area contributed by atoms with Gasteiger partial charge in [-0.1, -0.05) is 49.6 Å². The molecule has 220 valence electrons. The first-order chi connectivity index (χ1) is 19.5. The van der Waals surface area contributed by atoms with Crippen molar-refractivity contribution in [1.82, 2.24) is 19.1 Å². The molecule has 4 aromatic rings. The predicted octanol–water partition coefficient (Wildman–Crippen LogP) is 7.01. The van der Waals surface area contributed by atoms with Crippen LogP contribution >= 0.6 is 22.9 Å². The highest BCUT2D eigenvalue weighted by molar-refractivity contribution is 7.89. The van der Waals surface area contributed by atoms with Crippen LogP contribution in [0.2, 0.25) is 5.02 Å². The zero-order chi connectivity index (χ0) is 29.7. The average molecular weight is 616 g/mol. The van der Waals surface area contributed by atoms with E-state index in [0.717, 1.165) is 52.9 Å². The number of halogens is 1. The van der Waals surface area contributed by atoms with Crippen molar-refractivity contribution < 1.29 is 13.2 Å². The fourth-order valence-electron chi connectivity index (χ4n) is 4.73. The first-order valence-electron chi connectivity index (χ1n) is 14.0. The van der Waals surface area contributed by atoms with Crippen LogP contribution in [0.3, 0.4) is 0 Å². The monoisotopic (exact) mass is 615 g/mol. The highest BCUT2D eigenvalue weighted by Gasteiger charge is 2.26. The molecule has 0 saturated heterocycles. The summed E-state index contributed by atoms with van der Waals surface area (Å²) in [6, 6.07) is 12.0. The highest BCUT2D eigenvalue weighted by Crippen LogP contribution is 2.34. The number of rotatable bonds is 13. The summed E-state index contributed by atoms with van der Waals surface area (Å²) in [7, 11) is -3.66. The number of amides is 1. The van der Waals surface area contributed by atoms with Gasteiger partial charge in [0.25, 0.3) is 5.91 Å². The molecule has 0 radical (unpaired) electrons. The fraction of sp³-hybridized carbons (Fsp3) is 0.433. The number of nitrogens with zero attached hydrogens (tertiary/aromatic N) is 5. The van der Waals surface area contributed by atoms with Gasteiger partial charge in [-0.05, 0) is 81.6 Å². The molecule has 0 spiro atoms. The number of aryl methyl sites for hydroxylation is 3. The average Bonchev–Trinajstić information content (AvgIpc) is 3.50. The summed E-state index contributed by atoms with van der Waals surface area (Å²) >= 11 is 7.70. The van der Waals surface area contributed by atoms with E-state index in [0.29, 0.717) is 41.9 Å². The summed E-state index contributed by atoms with van der Waals surface area (Å²) in [4.78, 5) is 20.6. The van der Waals surface area contributed by atoms with Gasteiger partial charge in [-0.25, -0.2) is 13.4 Å². The van der Waals surface area contributed by atoms with Crippen molar-refractivity contribution >= 4 is 54.2 Å². The van der Waals surface area contributed by atoms with E-state index in [1.54, 1.807) is 21.3 Å². The Hall–Kier alpha value is -2.79. The molecule has 41 heavy (non-hydrogen) atoms. The zero-order valence-corrected chi connectivity index (χ0v) is 26.7. The molecule has 0 aliphatic heterocycles. The van der Waals surface area contributed by atoms with E-state index < -0.39 is 10.0 Å². The molecule has 0 unspecified atom stereocenters. The summed E-state index contributed by atoms with van der Waals surface area (Å²) in [5, 5.41) is 5.72. The molecule has 2 heterocycles. The van der Waals surface area contributed by atoms with Crippen LogP contribution in [-0.2, 0) is 16.6 Å². The second-order valence-electron chi connectivity index (χ2n) is 10.3. The molecule has 8 nitrogen and oxygen atoms in total. The van der Waals surface area contributed by atoms with E-state index in [1.807, 2.05) is 57.5 Å². The maximum Gasteiger partial charge on any atom is 0.260 e. The van der Waals surface area contributed by atoms with Gasteiger partial charge in [0.1, 0.15) is 0 Å². The number of carbonyl (C=O) groups is 1. The Balaban J connectivity index is 1.65. The third kappa shape index (κ3) is 7.17. The number of carbonyl (C=O) groups excluding carboxylic acids is 1. The summed E-state index contributed by atoms with van der Waals surface area (Å²) < 4.78 is 31.2. The van der Waals surface area contributed by atoms with Gasteiger partial charge in [-0.15, -0.1) is 0 Å². The minimum atomic E-state index is -3.66. The molecule has 2 aromatic carbocycles. The lowest BCUT2D eigenvalue weighted by Gasteiger charge is -2.23. The van der Waals surface area contributed by atoms with Gasteiger partial charge in [-0.3, -0.25) is 14.4 Å². The summed E-state index contributed by atoms with van der Waals surface area (Å²) in [5.41, 5.74) is 4.05. The van der Waals surface area contributed by atoms with Gasteiger partial charge in [0.15, 0.2) is 5.13 Å². The van der Waals surface area contributed by atoms with Gasteiger partial charge in [0.2, 0.25) is 10.0 Å². The molecule has 0 atom stereocenters. The van der Waals surface area contributed by atoms with Gasteiger partial charge in [-0.2, -0.15) is 9.40 Å². The van der Waals surface area contributed by atoms with Crippen LogP contribution in [0.4, 0.5) is 5.13 Å². The number of anilines is 1. The summed E-state index contributed by atoms with van der Waals surface area (Å²) in [5.74, 6) is -0.257. The van der Waals surface area contributed by atoms with E-state index in [4.69, 9.17) is 16.6 Å². The lowest BCUT2D eigenvalue weighted by atomic mass is 10.2. The van der Waals surface area contributed by atoms with Crippen LogP contribution in [-0.4, -0.2) is 53.0 Å². The molecule has 0 aliphatic rings. The molecule has 11 heteroatoms. The highest BCUT2D eigenvalue weighted by atomic mass is 35.5. The van der Waals surface area contributed by atoms with E-state index in [9.17, 15) is 13.2 Å². The van der Waals surface area contributed by atoms with Crippen molar-refractivity contribution in [2.75, 3.05) is 24.5 Å². The molecule has 0 aliphatic carbocycles. The lowest BCUT2D eigenvalue weighted by Crippen LogP contribution is -2.34. The maximum atomic E-state index is 13.9. The minimum Gasteiger partial charge on any atom is -0.282 e. The topological polar surface area (TPSA) is 88.4 Å². The zero-order valence-electron chi connectivity index (χ0n) is 24.4. The number of aromatic nitrogens is 3. The molecule has 0 fully saturated rings. The molecule has 0 N–H and O–H groups in total. The van der Waals surface area contributed by atoms with E-state index in [-0.39, 0.29) is 10.8 Å². The summed E-state index contributed by atoms with van der Waals surface area (Å²) in [6.07, 6.45) is 3.43. The standard InChI is InChI=1S/C30H38ClN5O3S2/c1-6-8-14-34(15-9-7-2)41(38,39)26-12-10-24(11-13-26)29(37)35(16-17-36-23(5)19-22(4)33-36)30-32-28-21(3)18-25(31)20-27(28)40-30/h10-13,18-20H,6-9,14-17H2,1-5H3. The van der Waals surface area contributed by atoms with Crippen molar-refractivity contribution in [2.24, 2.45) is 0 Å². The maximum absolute atomic E-state index is 13.9. The molecule has 1 amide bonds. The molecule has 0 saturated carbocycles. The van der Waals surface area contributed by atoms with Crippen LogP contribution in [0.25, 0.3) is 10.2 Å². The van der Waals surface area contributed by atoms with Crippen molar-refractivity contribution in [1.29, 1.82) is 0 Å². The second-order valence-corrected chi connectivity index (χ2v) is 13.7. The van der Waals surface area contributed by atoms with Gasteiger partial charge >= 0.3 is 0 Å². The Bertz CT molecular complexity index is 1610. The number of fused-ring (bicyclic) bond motifs is 1. The summed E-state index contributed by atoms with van der Waals surface area (Å²) in [6.45, 7) is 11.8. The Kier molecular flexibility index (Phi) is 10.2. The molecule has 2 aromatic heterocycles. The third-order valence-corrected chi connectivity index (χ3v) is 10.2. The second kappa shape index (κ2) is 13.5. The normalized spacial score (nSPS) is 12.0.